The Kier molecular flexibility index (Phi) is 5.13. The predicted octanol–water partition coefficient (Wildman–Crippen LogP) is 3.34. The minimum Gasteiger partial charge on any atom is -0.340 e. The molecule has 0 unspecified atom stereocenters. The summed E-state index contributed by atoms with van der Waals surface area (Å²) in [5.41, 5.74) is 8.67. The van der Waals surface area contributed by atoms with Crippen LogP contribution in [0.15, 0.2) is 59.1 Å². The van der Waals surface area contributed by atoms with Gasteiger partial charge in [0.05, 0.1) is 0 Å². The Morgan fingerprint density at radius 2 is 1.91 bits per heavy atom. The summed E-state index contributed by atoms with van der Waals surface area (Å²) in [6.07, 6.45) is 1.30. The summed E-state index contributed by atoms with van der Waals surface area (Å²) in [4.78, 5) is 14.4. The molecular formula is C19H21BrN2O. The highest BCUT2D eigenvalue weighted by atomic mass is 79.9. The predicted molar refractivity (Wildman–Crippen MR) is 96.2 cm³/mol. The molecule has 1 saturated heterocycles. The van der Waals surface area contributed by atoms with E-state index in [2.05, 4.69) is 40.2 Å². The maximum absolute atomic E-state index is 12.5. The molecule has 3 nitrogen and oxygen atoms in total. The van der Waals surface area contributed by atoms with Gasteiger partial charge in [-0.3, -0.25) is 4.79 Å². The molecule has 2 aromatic rings. The molecule has 0 radical (unpaired) electrons. The lowest BCUT2D eigenvalue weighted by molar-refractivity contribution is -0.130. The third-order valence-corrected chi connectivity index (χ3v) is 4.96. The highest BCUT2D eigenvalue weighted by molar-refractivity contribution is 9.10. The van der Waals surface area contributed by atoms with Crippen molar-refractivity contribution < 1.29 is 4.79 Å². The van der Waals surface area contributed by atoms with E-state index >= 15 is 0 Å². The number of amides is 1. The summed E-state index contributed by atoms with van der Waals surface area (Å²) >= 11 is 3.47. The number of halogens is 1. The van der Waals surface area contributed by atoms with E-state index in [1.54, 1.807) is 0 Å². The molecule has 2 atom stereocenters. The van der Waals surface area contributed by atoms with Crippen molar-refractivity contribution in [1.29, 1.82) is 0 Å². The smallest absolute Gasteiger partial charge is 0.222 e. The van der Waals surface area contributed by atoms with Crippen molar-refractivity contribution in [3.05, 3.63) is 70.2 Å². The van der Waals surface area contributed by atoms with Crippen molar-refractivity contribution in [3.8, 4) is 0 Å². The summed E-state index contributed by atoms with van der Waals surface area (Å²) in [6, 6.07) is 18.4. The number of likely N-dealkylation sites (tertiary alicyclic amines) is 1. The quantitative estimate of drug-likeness (QED) is 0.894. The fourth-order valence-corrected chi connectivity index (χ4v) is 3.63. The molecule has 0 aromatic heterocycles. The minimum absolute atomic E-state index is 0.0206. The maximum atomic E-state index is 12.5. The van der Waals surface area contributed by atoms with Crippen LogP contribution in [0.1, 0.15) is 23.5 Å². The monoisotopic (exact) mass is 372 g/mol. The number of carbonyl (C=O) groups is 1. The van der Waals surface area contributed by atoms with Crippen LogP contribution in [0.2, 0.25) is 0 Å². The van der Waals surface area contributed by atoms with Crippen molar-refractivity contribution >= 4 is 21.8 Å². The van der Waals surface area contributed by atoms with Crippen LogP contribution in [-0.4, -0.2) is 29.9 Å². The second kappa shape index (κ2) is 7.28. The first-order valence-electron chi connectivity index (χ1n) is 7.96. The lowest BCUT2D eigenvalue weighted by Crippen LogP contribution is -2.32. The zero-order valence-electron chi connectivity index (χ0n) is 13.0. The Balaban J connectivity index is 1.58. The molecule has 1 heterocycles. The van der Waals surface area contributed by atoms with Gasteiger partial charge in [0.25, 0.3) is 0 Å². The van der Waals surface area contributed by atoms with Crippen LogP contribution in [-0.2, 0) is 11.2 Å². The average Bonchev–Trinajstić information content (AvgIpc) is 2.95. The van der Waals surface area contributed by atoms with E-state index in [0.29, 0.717) is 13.0 Å². The molecule has 0 spiro atoms. The summed E-state index contributed by atoms with van der Waals surface area (Å²) in [5, 5.41) is 0. The number of nitrogens with two attached hydrogens (primary N) is 1. The molecule has 0 bridgehead atoms. The number of hydrogen-bond acceptors (Lipinski definition) is 2. The number of benzene rings is 2. The standard InChI is InChI=1S/C19H21BrN2O/c20-16-8-4-5-14(11-16)9-10-19(23)22-12-17(18(21)13-22)15-6-2-1-3-7-15/h1-8,11,17-18H,9-10,12-13,21H2/t17-,18+/m0/s1. The van der Waals surface area contributed by atoms with E-state index in [9.17, 15) is 4.79 Å². The third-order valence-electron chi connectivity index (χ3n) is 4.46. The van der Waals surface area contributed by atoms with Crippen LogP contribution in [0.4, 0.5) is 0 Å². The van der Waals surface area contributed by atoms with Crippen LogP contribution in [0, 0.1) is 0 Å². The molecule has 3 rings (SSSR count). The molecule has 2 N–H and O–H groups in total. The third kappa shape index (κ3) is 4.01. The molecule has 2 aromatic carbocycles. The largest absolute Gasteiger partial charge is 0.340 e. The maximum Gasteiger partial charge on any atom is 0.222 e. The van der Waals surface area contributed by atoms with Gasteiger partial charge >= 0.3 is 0 Å². The molecule has 0 saturated carbocycles. The van der Waals surface area contributed by atoms with Gasteiger partial charge in [-0.2, -0.15) is 0 Å². The van der Waals surface area contributed by atoms with Crippen molar-refractivity contribution in [2.45, 2.75) is 24.8 Å². The topological polar surface area (TPSA) is 46.3 Å². The van der Waals surface area contributed by atoms with E-state index in [1.807, 2.05) is 35.2 Å². The molecular weight excluding hydrogens is 352 g/mol. The van der Waals surface area contributed by atoms with E-state index in [4.69, 9.17) is 5.73 Å². The van der Waals surface area contributed by atoms with Crippen LogP contribution >= 0.6 is 15.9 Å². The summed E-state index contributed by atoms with van der Waals surface area (Å²) in [6.45, 7) is 1.37. The highest BCUT2D eigenvalue weighted by Gasteiger charge is 2.33. The van der Waals surface area contributed by atoms with Crippen LogP contribution in [0.3, 0.4) is 0 Å². The van der Waals surface area contributed by atoms with E-state index in [0.717, 1.165) is 17.4 Å². The Bertz CT molecular complexity index is 674. The molecule has 1 fully saturated rings. The first-order valence-corrected chi connectivity index (χ1v) is 8.75. The zero-order chi connectivity index (χ0) is 16.2. The Morgan fingerprint density at radius 1 is 1.13 bits per heavy atom. The van der Waals surface area contributed by atoms with Gasteiger partial charge in [-0.1, -0.05) is 58.4 Å². The Hall–Kier alpha value is -1.65. The SMILES string of the molecule is N[C@@H]1CN(C(=O)CCc2cccc(Br)c2)C[C@H]1c1ccccc1. The summed E-state index contributed by atoms with van der Waals surface area (Å²) in [5.74, 6) is 0.435. The molecule has 1 aliphatic rings. The summed E-state index contributed by atoms with van der Waals surface area (Å²) < 4.78 is 1.05. The fraction of sp³-hybridized carbons (Fsp3) is 0.316. The first kappa shape index (κ1) is 16.2. The molecule has 1 amide bonds. The number of aryl methyl sites for hydroxylation is 1. The number of nitrogens with zero attached hydrogens (tertiary/aromatic N) is 1. The lowest BCUT2D eigenvalue weighted by Gasteiger charge is -2.16. The van der Waals surface area contributed by atoms with E-state index < -0.39 is 0 Å². The highest BCUT2D eigenvalue weighted by Crippen LogP contribution is 2.27. The normalized spacial score (nSPS) is 20.7. The van der Waals surface area contributed by atoms with E-state index in [-0.39, 0.29) is 17.9 Å². The van der Waals surface area contributed by atoms with Gasteiger partial charge in [-0.25, -0.2) is 0 Å². The number of carbonyl (C=O) groups excluding carboxylic acids is 1. The first-order chi connectivity index (χ1) is 11.1. The second-order valence-electron chi connectivity index (χ2n) is 6.11. The van der Waals surface area contributed by atoms with Gasteiger partial charge in [-0.05, 0) is 29.7 Å². The molecule has 1 aliphatic heterocycles. The van der Waals surface area contributed by atoms with Crippen molar-refractivity contribution in [3.63, 3.8) is 0 Å². The second-order valence-corrected chi connectivity index (χ2v) is 7.03. The zero-order valence-corrected chi connectivity index (χ0v) is 14.6. The van der Waals surface area contributed by atoms with Gasteiger partial charge in [0.15, 0.2) is 0 Å². The van der Waals surface area contributed by atoms with Gasteiger partial charge < -0.3 is 10.6 Å². The summed E-state index contributed by atoms with van der Waals surface area (Å²) in [7, 11) is 0. The molecule has 4 heteroatoms. The van der Waals surface area contributed by atoms with Gasteiger partial charge in [0, 0.05) is 35.9 Å². The van der Waals surface area contributed by atoms with Crippen LogP contribution in [0.25, 0.3) is 0 Å². The van der Waals surface area contributed by atoms with E-state index in [1.165, 1.54) is 11.1 Å². The molecule has 23 heavy (non-hydrogen) atoms. The van der Waals surface area contributed by atoms with Crippen LogP contribution in [0.5, 0.6) is 0 Å². The number of rotatable bonds is 4. The number of hydrogen-bond donors (Lipinski definition) is 1. The molecule has 120 valence electrons. The lowest BCUT2D eigenvalue weighted by atomic mass is 9.95. The average molecular weight is 373 g/mol. The van der Waals surface area contributed by atoms with Crippen LogP contribution < -0.4 is 5.73 Å². The molecule has 0 aliphatic carbocycles. The van der Waals surface area contributed by atoms with Crippen molar-refractivity contribution in [1.82, 2.24) is 4.90 Å². The van der Waals surface area contributed by atoms with Gasteiger partial charge in [0.1, 0.15) is 0 Å². The fourth-order valence-electron chi connectivity index (χ4n) is 3.19. The van der Waals surface area contributed by atoms with Crippen molar-refractivity contribution in [2.24, 2.45) is 5.73 Å². The Morgan fingerprint density at radius 3 is 2.65 bits per heavy atom. The van der Waals surface area contributed by atoms with Crippen molar-refractivity contribution in [2.75, 3.05) is 13.1 Å². The Labute approximate surface area is 145 Å². The minimum atomic E-state index is 0.0206. The van der Waals surface area contributed by atoms with Gasteiger partial charge in [0.2, 0.25) is 5.91 Å². The van der Waals surface area contributed by atoms with Gasteiger partial charge in [-0.15, -0.1) is 0 Å².